The molecule has 6 aromatic rings. The molecule has 0 saturated carbocycles. The molecule has 0 heterocycles. The van der Waals surface area contributed by atoms with E-state index in [1.54, 1.807) is 0 Å². The van der Waals surface area contributed by atoms with Crippen molar-refractivity contribution in [3.05, 3.63) is 144 Å². The van der Waals surface area contributed by atoms with Crippen LogP contribution in [0.1, 0.15) is 22.3 Å². The summed E-state index contributed by atoms with van der Waals surface area (Å²) in [4.78, 5) is 0. The first-order chi connectivity index (χ1) is 16.9. The van der Waals surface area contributed by atoms with Crippen molar-refractivity contribution >= 4 is 43.1 Å². The van der Waals surface area contributed by atoms with Crippen molar-refractivity contribution in [1.29, 1.82) is 0 Å². The van der Waals surface area contributed by atoms with Gasteiger partial charge >= 0.3 is 26.2 Å². The Balaban J connectivity index is 0.000000160. The molecule has 0 saturated heterocycles. The minimum atomic E-state index is 0. The molecule has 0 fully saturated rings. The molecule has 8 rings (SSSR count). The predicted molar refractivity (Wildman–Crippen MR) is 144 cm³/mol. The van der Waals surface area contributed by atoms with Crippen LogP contribution in [0.15, 0.2) is 109 Å². The Morgan fingerprint density at radius 2 is 0.811 bits per heavy atom. The van der Waals surface area contributed by atoms with E-state index in [0.717, 1.165) is 12.8 Å². The quantitative estimate of drug-likeness (QED) is 0.188. The van der Waals surface area contributed by atoms with E-state index in [1.165, 1.54) is 65.3 Å². The fourth-order valence-corrected chi connectivity index (χ4v) is 5.57. The summed E-state index contributed by atoms with van der Waals surface area (Å²) in [6.45, 7) is 0. The average molecular weight is 593 g/mol. The number of benzene rings is 6. The second kappa shape index (κ2) is 11.4. The molecule has 6 aromatic carbocycles. The van der Waals surface area contributed by atoms with Gasteiger partial charge in [-0.1, -0.05) is 96.4 Å². The Hall–Kier alpha value is -2.70. The van der Waals surface area contributed by atoms with E-state index in [1.807, 2.05) is 0 Å². The summed E-state index contributed by atoms with van der Waals surface area (Å²) in [6.07, 6.45) is 13.0. The first-order valence-electron chi connectivity index (χ1n) is 11.9. The standard InChI is InChI=1S/2C17H11.2ClH.Zr/c2*1-2-6-15-12(4-1)8-10-14-11-9-13-5-3-7-16(13)17(14)15;;;/h2*1-4,6,8-11H,7H2;2*1H;/q2*-1;;;+4/p-2. The zero-order valence-corrected chi connectivity index (χ0v) is 24.0. The van der Waals surface area contributed by atoms with Crippen molar-refractivity contribution in [3.8, 4) is 0 Å². The number of fused-ring (bicyclic) bond motifs is 10. The molecule has 0 amide bonds. The largest absolute Gasteiger partial charge is 4.00 e. The predicted octanol–water partition coefficient (Wildman–Crippen LogP) is 2.52. The Morgan fingerprint density at radius 3 is 1.27 bits per heavy atom. The molecule has 37 heavy (non-hydrogen) atoms. The SMILES string of the molecule is [C-]1=CCc2c1ccc1ccc3ccccc3c21.[C-]1=CCc2c1ccc1ccc3ccccc3c21.[Cl-].[Cl-].[Zr+4]. The maximum absolute atomic E-state index is 3.33. The van der Waals surface area contributed by atoms with E-state index in [2.05, 4.69) is 121 Å². The fourth-order valence-electron chi connectivity index (χ4n) is 5.57. The van der Waals surface area contributed by atoms with Crippen LogP contribution in [0.4, 0.5) is 0 Å². The Kier molecular flexibility index (Phi) is 8.40. The third kappa shape index (κ3) is 4.70. The number of hydrogen-bond donors (Lipinski definition) is 0. The molecule has 2 aliphatic rings. The second-order valence-electron chi connectivity index (χ2n) is 9.06. The molecule has 2 aliphatic carbocycles. The van der Waals surface area contributed by atoms with Gasteiger partial charge in [0.2, 0.25) is 0 Å². The van der Waals surface area contributed by atoms with Crippen LogP contribution in [-0.4, -0.2) is 0 Å². The van der Waals surface area contributed by atoms with Crippen LogP contribution in [-0.2, 0) is 39.0 Å². The molecule has 0 nitrogen and oxygen atoms in total. The molecule has 0 radical (unpaired) electrons. The van der Waals surface area contributed by atoms with Gasteiger partial charge in [-0.2, -0.15) is 47.6 Å². The molecule has 0 unspecified atom stereocenters. The third-order valence-corrected chi connectivity index (χ3v) is 7.16. The molecule has 176 valence electrons. The topological polar surface area (TPSA) is 0 Å². The van der Waals surface area contributed by atoms with Gasteiger partial charge in [-0.05, 0) is 32.3 Å². The van der Waals surface area contributed by atoms with Gasteiger partial charge in [0.1, 0.15) is 0 Å². The zero-order valence-electron chi connectivity index (χ0n) is 20.1. The summed E-state index contributed by atoms with van der Waals surface area (Å²) in [5.74, 6) is 0. The van der Waals surface area contributed by atoms with Crippen molar-refractivity contribution in [2.24, 2.45) is 0 Å². The summed E-state index contributed by atoms with van der Waals surface area (Å²) >= 11 is 0. The normalized spacial score (nSPS) is 12.3. The van der Waals surface area contributed by atoms with E-state index < -0.39 is 0 Å². The monoisotopic (exact) mass is 590 g/mol. The molecular formula is C34H22Cl2Zr. The second-order valence-corrected chi connectivity index (χ2v) is 9.06. The van der Waals surface area contributed by atoms with Crippen LogP contribution < -0.4 is 24.8 Å². The van der Waals surface area contributed by atoms with Crippen LogP contribution in [0.5, 0.6) is 0 Å². The smallest absolute Gasteiger partial charge is 1.00 e. The van der Waals surface area contributed by atoms with Gasteiger partial charge in [0.05, 0.1) is 0 Å². The van der Waals surface area contributed by atoms with Gasteiger partial charge in [-0.15, -0.1) is 23.3 Å². The maximum Gasteiger partial charge on any atom is 4.00 e. The van der Waals surface area contributed by atoms with E-state index in [4.69, 9.17) is 0 Å². The van der Waals surface area contributed by atoms with Gasteiger partial charge < -0.3 is 24.8 Å². The number of hydrogen-bond acceptors (Lipinski definition) is 0. The molecule has 0 bridgehead atoms. The summed E-state index contributed by atoms with van der Waals surface area (Å²) in [5.41, 5.74) is 5.38. The Labute approximate surface area is 249 Å². The molecule has 0 atom stereocenters. The average Bonchev–Trinajstić information content (AvgIpc) is 3.58. The van der Waals surface area contributed by atoms with Crippen LogP contribution in [0.3, 0.4) is 0 Å². The summed E-state index contributed by atoms with van der Waals surface area (Å²) in [6, 6.07) is 34.8. The first kappa shape index (κ1) is 27.3. The van der Waals surface area contributed by atoms with Crippen LogP contribution in [0.2, 0.25) is 0 Å². The van der Waals surface area contributed by atoms with Gasteiger partial charge in [0, 0.05) is 0 Å². The van der Waals surface area contributed by atoms with Crippen LogP contribution >= 0.6 is 0 Å². The minimum Gasteiger partial charge on any atom is -1.00 e. The van der Waals surface area contributed by atoms with Gasteiger partial charge in [-0.25, -0.2) is 0 Å². The maximum atomic E-state index is 3.33. The van der Waals surface area contributed by atoms with Gasteiger partial charge in [0.15, 0.2) is 0 Å². The molecular weight excluding hydrogens is 571 g/mol. The van der Waals surface area contributed by atoms with Crippen molar-refractivity contribution in [1.82, 2.24) is 0 Å². The number of allylic oxidation sites excluding steroid dienone is 2. The molecule has 0 spiro atoms. The van der Waals surface area contributed by atoms with Crippen LogP contribution in [0, 0.1) is 12.2 Å². The number of rotatable bonds is 0. The van der Waals surface area contributed by atoms with Crippen molar-refractivity contribution < 1.29 is 51.0 Å². The summed E-state index contributed by atoms with van der Waals surface area (Å²) in [7, 11) is 0. The van der Waals surface area contributed by atoms with Gasteiger partial charge in [0.25, 0.3) is 0 Å². The van der Waals surface area contributed by atoms with Crippen LogP contribution in [0.25, 0.3) is 43.1 Å². The first-order valence-corrected chi connectivity index (χ1v) is 11.9. The molecule has 3 heteroatoms. The molecule has 0 aromatic heterocycles. The number of halogens is 2. The van der Waals surface area contributed by atoms with Crippen molar-refractivity contribution in [2.75, 3.05) is 0 Å². The van der Waals surface area contributed by atoms with Gasteiger partial charge in [-0.3, -0.25) is 0 Å². The van der Waals surface area contributed by atoms with E-state index >= 15 is 0 Å². The Morgan fingerprint density at radius 1 is 0.432 bits per heavy atom. The zero-order chi connectivity index (χ0) is 22.5. The third-order valence-electron chi connectivity index (χ3n) is 7.16. The molecule has 0 aliphatic heterocycles. The molecule has 0 N–H and O–H groups in total. The fraction of sp³-hybridized carbons (Fsp3) is 0.0588. The Bertz CT molecular complexity index is 1680. The van der Waals surface area contributed by atoms with Crippen molar-refractivity contribution in [3.63, 3.8) is 0 Å². The summed E-state index contributed by atoms with van der Waals surface area (Å²) < 4.78 is 0. The van der Waals surface area contributed by atoms with E-state index in [0.29, 0.717) is 0 Å². The summed E-state index contributed by atoms with van der Waals surface area (Å²) in [5, 5.41) is 10.8. The van der Waals surface area contributed by atoms with E-state index in [-0.39, 0.29) is 51.0 Å². The van der Waals surface area contributed by atoms with Crippen molar-refractivity contribution in [2.45, 2.75) is 12.8 Å². The van der Waals surface area contributed by atoms with E-state index in [9.17, 15) is 0 Å². The minimum absolute atomic E-state index is 0.